The van der Waals surface area contributed by atoms with Crippen LogP contribution in [0.15, 0.2) is 24.3 Å². The van der Waals surface area contributed by atoms with E-state index in [1.807, 2.05) is 31.2 Å². The van der Waals surface area contributed by atoms with Gasteiger partial charge in [0.2, 0.25) is 5.91 Å². The number of rotatable bonds is 3. The Morgan fingerprint density at radius 1 is 1.17 bits per heavy atom. The van der Waals surface area contributed by atoms with Gasteiger partial charge in [-0.3, -0.25) is 9.59 Å². The van der Waals surface area contributed by atoms with Gasteiger partial charge >= 0.3 is 0 Å². The average molecular weight is 245 g/mol. The van der Waals surface area contributed by atoms with Crippen LogP contribution < -0.4 is 5.32 Å². The minimum Gasteiger partial charge on any atom is -0.359 e. The van der Waals surface area contributed by atoms with Crippen LogP contribution in [-0.4, -0.2) is 18.7 Å². The number of hydrogen-bond donors (Lipinski definition) is 1. The molecule has 18 heavy (non-hydrogen) atoms. The number of ketones is 1. The van der Waals surface area contributed by atoms with E-state index in [0.717, 1.165) is 24.0 Å². The normalized spacial score (nSPS) is 22.1. The van der Waals surface area contributed by atoms with E-state index in [1.54, 1.807) is 7.05 Å². The van der Waals surface area contributed by atoms with Crippen molar-refractivity contribution in [3.8, 4) is 0 Å². The van der Waals surface area contributed by atoms with E-state index in [9.17, 15) is 9.59 Å². The van der Waals surface area contributed by atoms with Crippen LogP contribution in [0, 0.1) is 0 Å². The van der Waals surface area contributed by atoms with Gasteiger partial charge in [-0.05, 0) is 24.0 Å². The van der Waals surface area contributed by atoms with Crippen LogP contribution in [0.3, 0.4) is 0 Å². The Balaban J connectivity index is 2.40. The van der Waals surface area contributed by atoms with Gasteiger partial charge in [-0.15, -0.1) is 0 Å². The van der Waals surface area contributed by atoms with Crippen molar-refractivity contribution in [1.82, 2.24) is 5.32 Å². The van der Waals surface area contributed by atoms with Gasteiger partial charge in [0.15, 0.2) is 0 Å². The Morgan fingerprint density at radius 2 is 1.72 bits per heavy atom. The standard InChI is InChI=1S/C15H19NO2/c1-3-14(17)12-8-9-13(15(18)16-2)11-7-5-4-6-10(11)12/h4-7,12-13H,3,8-9H2,1-2H3,(H,16,18). The fourth-order valence-corrected chi connectivity index (χ4v) is 2.82. The summed E-state index contributed by atoms with van der Waals surface area (Å²) in [5.74, 6) is 0.196. The van der Waals surface area contributed by atoms with Crippen molar-refractivity contribution in [3.05, 3.63) is 35.4 Å². The molecule has 2 unspecified atom stereocenters. The molecule has 2 rings (SSSR count). The molecule has 1 N–H and O–H groups in total. The number of nitrogens with one attached hydrogen (secondary N) is 1. The SMILES string of the molecule is CCC(=O)C1CCC(C(=O)NC)c2ccccc21. The molecule has 0 saturated carbocycles. The third-order valence-electron chi connectivity index (χ3n) is 3.79. The first-order valence-electron chi connectivity index (χ1n) is 6.52. The highest BCUT2D eigenvalue weighted by atomic mass is 16.1. The molecule has 0 fully saturated rings. The predicted molar refractivity (Wildman–Crippen MR) is 70.5 cm³/mol. The van der Waals surface area contributed by atoms with Crippen LogP contribution in [0.1, 0.15) is 49.1 Å². The highest BCUT2D eigenvalue weighted by Crippen LogP contribution is 2.39. The lowest BCUT2D eigenvalue weighted by molar-refractivity contribution is -0.124. The fourth-order valence-electron chi connectivity index (χ4n) is 2.82. The molecular weight excluding hydrogens is 226 g/mol. The Labute approximate surface area is 108 Å². The highest BCUT2D eigenvalue weighted by Gasteiger charge is 2.33. The maximum atomic E-state index is 12.0. The van der Waals surface area contributed by atoms with Gasteiger partial charge in [0.1, 0.15) is 5.78 Å². The number of Topliss-reactive ketones (excluding diaryl/α,β-unsaturated/α-hetero) is 1. The van der Waals surface area contributed by atoms with E-state index in [4.69, 9.17) is 0 Å². The molecule has 1 aromatic rings. The third kappa shape index (κ3) is 2.17. The van der Waals surface area contributed by atoms with E-state index < -0.39 is 0 Å². The summed E-state index contributed by atoms with van der Waals surface area (Å²) >= 11 is 0. The molecule has 1 aliphatic carbocycles. The van der Waals surface area contributed by atoms with Crippen molar-refractivity contribution < 1.29 is 9.59 Å². The van der Waals surface area contributed by atoms with Crippen molar-refractivity contribution in [2.75, 3.05) is 7.05 Å². The predicted octanol–water partition coefficient (Wildman–Crippen LogP) is 2.37. The summed E-state index contributed by atoms with van der Waals surface area (Å²) in [5.41, 5.74) is 2.07. The van der Waals surface area contributed by atoms with Gasteiger partial charge in [0.25, 0.3) is 0 Å². The molecule has 0 heterocycles. The first-order valence-corrected chi connectivity index (χ1v) is 6.52. The Hall–Kier alpha value is -1.64. The lowest BCUT2D eigenvalue weighted by atomic mass is 9.74. The maximum Gasteiger partial charge on any atom is 0.227 e. The van der Waals surface area contributed by atoms with Crippen LogP contribution in [0.4, 0.5) is 0 Å². The number of carbonyl (C=O) groups excluding carboxylic acids is 2. The second kappa shape index (κ2) is 5.34. The average Bonchev–Trinajstić information content (AvgIpc) is 2.44. The number of fused-ring (bicyclic) bond motifs is 1. The van der Waals surface area contributed by atoms with Crippen LogP contribution in [0.25, 0.3) is 0 Å². The van der Waals surface area contributed by atoms with Crippen molar-refractivity contribution in [3.63, 3.8) is 0 Å². The summed E-state index contributed by atoms with van der Waals surface area (Å²) in [5, 5.41) is 2.71. The van der Waals surface area contributed by atoms with Crippen molar-refractivity contribution in [2.45, 2.75) is 38.0 Å². The number of hydrogen-bond acceptors (Lipinski definition) is 2. The van der Waals surface area contributed by atoms with Gasteiger partial charge in [-0.1, -0.05) is 31.2 Å². The summed E-state index contributed by atoms with van der Waals surface area (Å²) in [6, 6.07) is 7.85. The van der Waals surface area contributed by atoms with E-state index in [1.165, 1.54) is 0 Å². The van der Waals surface area contributed by atoms with Gasteiger partial charge in [-0.2, -0.15) is 0 Å². The third-order valence-corrected chi connectivity index (χ3v) is 3.79. The number of carbonyl (C=O) groups is 2. The Kier molecular flexibility index (Phi) is 3.80. The molecule has 0 bridgehead atoms. The van der Waals surface area contributed by atoms with Crippen molar-refractivity contribution in [2.24, 2.45) is 0 Å². The molecule has 0 aromatic heterocycles. The number of amides is 1. The lowest BCUT2D eigenvalue weighted by Gasteiger charge is -2.29. The van der Waals surface area contributed by atoms with Crippen LogP contribution in [-0.2, 0) is 9.59 Å². The van der Waals surface area contributed by atoms with Crippen molar-refractivity contribution >= 4 is 11.7 Å². The summed E-state index contributed by atoms with van der Waals surface area (Å²) in [6.07, 6.45) is 2.10. The first-order chi connectivity index (χ1) is 8.69. The zero-order chi connectivity index (χ0) is 13.1. The molecule has 96 valence electrons. The molecule has 1 aromatic carbocycles. The second-order valence-electron chi connectivity index (χ2n) is 4.75. The summed E-state index contributed by atoms with van der Waals surface area (Å²) in [6.45, 7) is 1.90. The molecule has 0 radical (unpaired) electrons. The zero-order valence-corrected chi connectivity index (χ0v) is 10.9. The van der Waals surface area contributed by atoms with Crippen molar-refractivity contribution in [1.29, 1.82) is 0 Å². The van der Waals surface area contributed by atoms with E-state index in [0.29, 0.717) is 6.42 Å². The lowest BCUT2D eigenvalue weighted by Crippen LogP contribution is -2.31. The monoisotopic (exact) mass is 245 g/mol. The van der Waals surface area contributed by atoms with Crippen LogP contribution >= 0.6 is 0 Å². The van der Waals surface area contributed by atoms with E-state index >= 15 is 0 Å². The Bertz CT molecular complexity index is 424. The summed E-state index contributed by atoms with van der Waals surface area (Å²) in [7, 11) is 1.66. The van der Waals surface area contributed by atoms with Gasteiger partial charge < -0.3 is 5.32 Å². The fraction of sp³-hybridized carbons (Fsp3) is 0.467. The molecule has 0 spiro atoms. The van der Waals surface area contributed by atoms with Crippen LogP contribution in [0.5, 0.6) is 0 Å². The molecule has 1 aliphatic rings. The minimum absolute atomic E-state index is 0.0212. The highest BCUT2D eigenvalue weighted by molar-refractivity contribution is 5.89. The maximum absolute atomic E-state index is 12.0. The first kappa shape index (κ1) is 12.8. The smallest absolute Gasteiger partial charge is 0.227 e. The van der Waals surface area contributed by atoms with Gasteiger partial charge in [0.05, 0.1) is 5.92 Å². The van der Waals surface area contributed by atoms with Gasteiger partial charge in [0, 0.05) is 19.4 Å². The summed E-state index contributed by atoms with van der Waals surface area (Å²) < 4.78 is 0. The molecule has 3 heteroatoms. The minimum atomic E-state index is -0.105. The molecule has 0 aliphatic heterocycles. The number of likely N-dealkylation sites (N-methyl/N-ethyl adjacent to an activating group) is 1. The molecule has 3 nitrogen and oxygen atoms in total. The van der Waals surface area contributed by atoms with Crippen LogP contribution in [0.2, 0.25) is 0 Å². The molecular formula is C15H19NO2. The topological polar surface area (TPSA) is 46.2 Å². The van der Waals surface area contributed by atoms with Gasteiger partial charge in [-0.25, -0.2) is 0 Å². The zero-order valence-electron chi connectivity index (χ0n) is 10.9. The second-order valence-corrected chi connectivity index (χ2v) is 4.75. The summed E-state index contributed by atoms with van der Waals surface area (Å²) in [4.78, 5) is 23.9. The molecule has 0 saturated heterocycles. The van der Waals surface area contributed by atoms with E-state index in [2.05, 4.69) is 5.32 Å². The number of benzene rings is 1. The van der Waals surface area contributed by atoms with E-state index in [-0.39, 0.29) is 23.5 Å². The molecule has 2 atom stereocenters. The largest absolute Gasteiger partial charge is 0.359 e. The Morgan fingerprint density at radius 3 is 2.28 bits per heavy atom. The molecule has 1 amide bonds. The quantitative estimate of drug-likeness (QED) is 0.888.